The summed E-state index contributed by atoms with van der Waals surface area (Å²) in [5.41, 5.74) is 0.988. The van der Waals surface area contributed by atoms with Gasteiger partial charge in [-0.05, 0) is 18.2 Å². The summed E-state index contributed by atoms with van der Waals surface area (Å²) in [6, 6.07) is 6.65. The first-order chi connectivity index (χ1) is 9.69. The molecule has 0 spiro atoms. The van der Waals surface area contributed by atoms with Crippen molar-refractivity contribution in [1.82, 2.24) is 4.98 Å². The predicted molar refractivity (Wildman–Crippen MR) is 76.8 cm³/mol. The summed E-state index contributed by atoms with van der Waals surface area (Å²) >= 11 is 1.53. The number of methoxy groups -OCH3 is 1. The molecule has 0 saturated carbocycles. The Morgan fingerprint density at radius 1 is 1.40 bits per heavy atom. The van der Waals surface area contributed by atoms with Crippen molar-refractivity contribution in [2.24, 2.45) is 0 Å². The lowest BCUT2D eigenvalue weighted by Gasteiger charge is -2.06. The molecule has 0 atom stereocenters. The monoisotopic (exact) mass is 290 g/mol. The first-order valence-electron chi connectivity index (χ1n) is 6.05. The van der Waals surface area contributed by atoms with Crippen LogP contribution in [0.2, 0.25) is 0 Å². The molecule has 6 heteroatoms. The number of nitrogens with one attached hydrogen (secondary N) is 1. The lowest BCUT2D eigenvalue weighted by atomic mass is 10.2. The van der Waals surface area contributed by atoms with Gasteiger partial charge in [-0.1, -0.05) is 6.07 Å². The molecule has 1 aromatic carbocycles. The molecule has 0 aliphatic carbocycles. The van der Waals surface area contributed by atoms with Crippen molar-refractivity contribution in [3.63, 3.8) is 0 Å². The van der Waals surface area contributed by atoms with Gasteiger partial charge in [0, 0.05) is 30.1 Å². The minimum absolute atomic E-state index is 0.109. The van der Waals surface area contributed by atoms with Crippen molar-refractivity contribution >= 4 is 28.9 Å². The van der Waals surface area contributed by atoms with Gasteiger partial charge in [0.05, 0.1) is 17.7 Å². The molecule has 1 amide bonds. The molecule has 104 valence electrons. The largest absolute Gasteiger partial charge is 0.465 e. The van der Waals surface area contributed by atoms with E-state index in [0.29, 0.717) is 24.1 Å². The van der Waals surface area contributed by atoms with Gasteiger partial charge in [0.2, 0.25) is 5.91 Å². The number of amides is 1. The maximum absolute atomic E-state index is 11.8. The lowest BCUT2D eigenvalue weighted by Crippen LogP contribution is -2.13. The molecule has 5 nitrogen and oxygen atoms in total. The number of hydrogen-bond donors (Lipinski definition) is 1. The molecule has 2 rings (SSSR count). The van der Waals surface area contributed by atoms with Crippen LogP contribution >= 0.6 is 11.3 Å². The predicted octanol–water partition coefficient (Wildman–Crippen LogP) is 2.50. The third-order valence-electron chi connectivity index (χ3n) is 2.62. The summed E-state index contributed by atoms with van der Waals surface area (Å²) in [5.74, 6) is -0.536. The highest BCUT2D eigenvalue weighted by atomic mass is 32.1. The van der Waals surface area contributed by atoms with E-state index in [1.807, 2.05) is 5.38 Å². The van der Waals surface area contributed by atoms with Crippen LogP contribution in [0.4, 0.5) is 5.69 Å². The number of carbonyl (C=O) groups excluding carboxylic acids is 2. The molecule has 0 radical (unpaired) electrons. The number of carbonyl (C=O) groups is 2. The Kier molecular flexibility index (Phi) is 4.84. The first-order valence-corrected chi connectivity index (χ1v) is 6.93. The maximum Gasteiger partial charge on any atom is 0.337 e. The molecule has 1 N–H and O–H groups in total. The summed E-state index contributed by atoms with van der Waals surface area (Å²) in [4.78, 5) is 27.3. The number of anilines is 1. The van der Waals surface area contributed by atoms with E-state index in [0.717, 1.165) is 5.01 Å². The Balaban J connectivity index is 1.92. The Labute approximate surface area is 120 Å². The van der Waals surface area contributed by atoms with Crippen LogP contribution in [-0.2, 0) is 16.0 Å². The minimum atomic E-state index is -0.427. The quantitative estimate of drug-likeness (QED) is 0.859. The van der Waals surface area contributed by atoms with Crippen LogP contribution < -0.4 is 5.32 Å². The van der Waals surface area contributed by atoms with E-state index in [1.165, 1.54) is 18.4 Å². The molecule has 0 unspecified atom stereocenters. The Morgan fingerprint density at radius 3 is 2.95 bits per heavy atom. The van der Waals surface area contributed by atoms with E-state index < -0.39 is 5.97 Å². The fraction of sp³-hybridized carbons (Fsp3) is 0.214. The highest BCUT2D eigenvalue weighted by Gasteiger charge is 2.08. The van der Waals surface area contributed by atoms with Crippen molar-refractivity contribution in [2.75, 3.05) is 12.4 Å². The summed E-state index contributed by atoms with van der Waals surface area (Å²) in [5, 5.41) is 5.57. The van der Waals surface area contributed by atoms with Crippen molar-refractivity contribution in [3.05, 3.63) is 46.4 Å². The zero-order valence-corrected chi connectivity index (χ0v) is 11.8. The van der Waals surface area contributed by atoms with E-state index in [9.17, 15) is 9.59 Å². The molecular formula is C14H14N2O3S. The summed E-state index contributed by atoms with van der Waals surface area (Å²) in [6.07, 6.45) is 2.69. The maximum atomic E-state index is 11.8. The van der Waals surface area contributed by atoms with Gasteiger partial charge in [-0.15, -0.1) is 11.3 Å². The number of ether oxygens (including phenoxy) is 1. The van der Waals surface area contributed by atoms with Gasteiger partial charge in [0.15, 0.2) is 0 Å². The average molecular weight is 290 g/mol. The number of aromatic nitrogens is 1. The van der Waals surface area contributed by atoms with E-state index >= 15 is 0 Å². The number of esters is 1. The van der Waals surface area contributed by atoms with E-state index in [1.54, 1.807) is 30.5 Å². The van der Waals surface area contributed by atoms with Crippen LogP contribution in [0.1, 0.15) is 21.8 Å². The van der Waals surface area contributed by atoms with Crippen LogP contribution in [0.5, 0.6) is 0 Å². The van der Waals surface area contributed by atoms with Gasteiger partial charge in [0.25, 0.3) is 0 Å². The number of benzene rings is 1. The van der Waals surface area contributed by atoms with Crippen molar-refractivity contribution < 1.29 is 14.3 Å². The smallest absolute Gasteiger partial charge is 0.337 e. The van der Waals surface area contributed by atoms with Gasteiger partial charge in [-0.3, -0.25) is 4.79 Å². The van der Waals surface area contributed by atoms with Gasteiger partial charge < -0.3 is 10.1 Å². The summed E-state index contributed by atoms with van der Waals surface area (Å²) < 4.78 is 4.63. The number of nitrogens with zero attached hydrogens (tertiary/aromatic N) is 1. The number of rotatable bonds is 5. The molecule has 0 bridgehead atoms. The van der Waals surface area contributed by atoms with Gasteiger partial charge in [-0.25, -0.2) is 9.78 Å². The van der Waals surface area contributed by atoms with Crippen LogP contribution in [0.25, 0.3) is 0 Å². The number of thiazole rings is 1. The highest BCUT2D eigenvalue weighted by molar-refractivity contribution is 7.09. The van der Waals surface area contributed by atoms with Crippen LogP contribution in [0.15, 0.2) is 35.8 Å². The van der Waals surface area contributed by atoms with Crippen molar-refractivity contribution in [1.29, 1.82) is 0 Å². The Bertz CT molecular complexity index is 596. The Hall–Kier alpha value is -2.21. The van der Waals surface area contributed by atoms with Crippen molar-refractivity contribution in [3.8, 4) is 0 Å². The average Bonchev–Trinajstić information content (AvgIpc) is 2.98. The fourth-order valence-electron chi connectivity index (χ4n) is 1.66. The molecule has 0 fully saturated rings. The Morgan fingerprint density at radius 2 is 2.25 bits per heavy atom. The molecule has 20 heavy (non-hydrogen) atoms. The second kappa shape index (κ2) is 6.81. The second-order valence-corrected chi connectivity index (χ2v) is 5.03. The van der Waals surface area contributed by atoms with E-state index in [2.05, 4.69) is 15.0 Å². The van der Waals surface area contributed by atoms with Crippen LogP contribution in [-0.4, -0.2) is 24.0 Å². The molecule has 2 aromatic rings. The van der Waals surface area contributed by atoms with E-state index in [4.69, 9.17) is 0 Å². The van der Waals surface area contributed by atoms with Crippen molar-refractivity contribution in [2.45, 2.75) is 12.8 Å². The third-order valence-corrected chi connectivity index (χ3v) is 3.46. The standard InChI is InChI=1S/C14H14N2O3S/c1-19-14(18)10-3-2-4-11(9-10)16-12(17)5-6-13-15-7-8-20-13/h2-4,7-9H,5-6H2,1H3,(H,16,17). The molecule has 1 aromatic heterocycles. The fourth-order valence-corrected chi connectivity index (χ4v) is 2.28. The number of hydrogen-bond acceptors (Lipinski definition) is 5. The highest BCUT2D eigenvalue weighted by Crippen LogP contribution is 2.13. The molecule has 0 aliphatic heterocycles. The lowest BCUT2D eigenvalue weighted by molar-refractivity contribution is -0.116. The van der Waals surface area contributed by atoms with Crippen LogP contribution in [0, 0.1) is 0 Å². The van der Waals surface area contributed by atoms with Gasteiger partial charge in [-0.2, -0.15) is 0 Å². The summed E-state index contributed by atoms with van der Waals surface area (Å²) in [6.45, 7) is 0. The molecule has 0 aliphatic rings. The molecule has 1 heterocycles. The second-order valence-electron chi connectivity index (χ2n) is 4.05. The van der Waals surface area contributed by atoms with Crippen LogP contribution in [0.3, 0.4) is 0 Å². The number of aryl methyl sites for hydroxylation is 1. The zero-order chi connectivity index (χ0) is 14.4. The molecule has 0 saturated heterocycles. The van der Waals surface area contributed by atoms with E-state index in [-0.39, 0.29) is 5.91 Å². The minimum Gasteiger partial charge on any atom is -0.465 e. The van der Waals surface area contributed by atoms with Gasteiger partial charge in [0.1, 0.15) is 0 Å². The normalized spacial score (nSPS) is 10.1. The topological polar surface area (TPSA) is 68.3 Å². The van der Waals surface area contributed by atoms with Gasteiger partial charge >= 0.3 is 5.97 Å². The zero-order valence-electron chi connectivity index (χ0n) is 11.0. The first kappa shape index (κ1) is 14.2. The third kappa shape index (κ3) is 3.89. The summed E-state index contributed by atoms with van der Waals surface area (Å²) in [7, 11) is 1.32. The molecular weight excluding hydrogens is 276 g/mol. The SMILES string of the molecule is COC(=O)c1cccc(NC(=O)CCc2nccs2)c1.